The average Bonchev–Trinajstić information content (AvgIpc) is 3.04. The molecule has 138 valence electrons. The minimum absolute atomic E-state index is 0.112. The van der Waals surface area contributed by atoms with Gasteiger partial charge in [-0.05, 0) is 37.1 Å². The highest BCUT2D eigenvalue weighted by Crippen LogP contribution is 2.37. The number of anilines is 1. The Bertz CT molecular complexity index is 991. The fraction of sp³-hybridized carbons (Fsp3) is 0.211. The maximum atomic E-state index is 13.2. The van der Waals surface area contributed by atoms with Crippen LogP contribution < -0.4 is 10.7 Å². The number of fused-ring (bicyclic) bond motifs is 1. The number of benzene rings is 2. The van der Waals surface area contributed by atoms with Gasteiger partial charge in [0.1, 0.15) is 11.1 Å². The predicted octanol–water partition coefficient (Wildman–Crippen LogP) is 3.95. The second-order valence-corrected chi connectivity index (χ2v) is 7.91. The van der Waals surface area contributed by atoms with Crippen molar-refractivity contribution < 1.29 is 4.79 Å². The van der Waals surface area contributed by atoms with Crippen LogP contribution in [0.25, 0.3) is 0 Å². The van der Waals surface area contributed by atoms with Gasteiger partial charge in [0, 0.05) is 10.7 Å². The van der Waals surface area contributed by atoms with Gasteiger partial charge in [0.15, 0.2) is 0 Å². The molecule has 2 N–H and O–H groups in total. The molecule has 2 heterocycles. The lowest BCUT2D eigenvalue weighted by Gasteiger charge is -2.32. The Morgan fingerprint density at radius 3 is 2.74 bits per heavy atom. The van der Waals surface area contributed by atoms with Crippen molar-refractivity contribution >= 4 is 35.0 Å². The lowest BCUT2D eigenvalue weighted by molar-refractivity contribution is -0.116. The predicted molar refractivity (Wildman–Crippen MR) is 108 cm³/mol. The van der Waals surface area contributed by atoms with E-state index in [1.54, 1.807) is 6.07 Å². The molecule has 1 aliphatic rings. The summed E-state index contributed by atoms with van der Waals surface area (Å²) in [6, 6.07) is 15.1. The maximum absolute atomic E-state index is 13.2. The SMILES string of the molecule is Cc1ccc(Cl)cc1NC(=O)[C@@H]1Sc2nnc(C)n2N[C@H]1c1ccccc1. The van der Waals surface area contributed by atoms with E-state index in [-0.39, 0.29) is 11.9 Å². The third-order valence-corrected chi connectivity index (χ3v) is 5.92. The Morgan fingerprint density at radius 2 is 1.96 bits per heavy atom. The Hall–Kier alpha value is -2.51. The van der Waals surface area contributed by atoms with E-state index in [2.05, 4.69) is 20.9 Å². The number of hydrogen-bond donors (Lipinski definition) is 2. The van der Waals surface area contributed by atoms with Crippen molar-refractivity contribution in [1.82, 2.24) is 14.9 Å². The number of amides is 1. The van der Waals surface area contributed by atoms with E-state index >= 15 is 0 Å². The lowest BCUT2D eigenvalue weighted by atomic mass is 10.0. The molecule has 27 heavy (non-hydrogen) atoms. The molecule has 2 aromatic carbocycles. The van der Waals surface area contributed by atoms with Crippen LogP contribution in [0.1, 0.15) is 23.0 Å². The van der Waals surface area contributed by atoms with Crippen LogP contribution in [-0.2, 0) is 4.79 Å². The molecular formula is C19H18ClN5OS. The molecule has 0 unspecified atom stereocenters. The summed E-state index contributed by atoms with van der Waals surface area (Å²) in [5.41, 5.74) is 6.07. The summed E-state index contributed by atoms with van der Waals surface area (Å²) in [5, 5.41) is 12.1. The van der Waals surface area contributed by atoms with Crippen LogP contribution in [0, 0.1) is 13.8 Å². The summed E-state index contributed by atoms with van der Waals surface area (Å²) in [7, 11) is 0. The van der Waals surface area contributed by atoms with Gasteiger partial charge in [-0.15, -0.1) is 10.2 Å². The Labute approximate surface area is 166 Å². The average molecular weight is 400 g/mol. The monoisotopic (exact) mass is 399 g/mol. The zero-order valence-corrected chi connectivity index (χ0v) is 16.4. The van der Waals surface area contributed by atoms with Crippen LogP contribution in [0.5, 0.6) is 0 Å². The van der Waals surface area contributed by atoms with E-state index in [0.29, 0.717) is 15.9 Å². The molecule has 1 aromatic heterocycles. The molecule has 4 rings (SSSR count). The molecule has 0 fully saturated rings. The molecule has 3 aromatic rings. The maximum Gasteiger partial charge on any atom is 0.240 e. The van der Waals surface area contributed by atoms with Crippen molar-refractivity contribution in [3.05, 3.63) is 70.5 Å². The Balaban J connectivity index is 1.67. The first kappa shape index (κ1) is 17.9. The van der Waals surface area contributed by atoms with Crippen LogP contribution in [0.2, 0.25) is 5.02 Å². The number of nitrogens with zero attached hydrogens (tertiary/aromatic N) is 3. The quantitative estimate of drug-likeness (QED) is 0.697. The third kappa shape index (κ3) is 3.52. The summed E-state index contributed by atoms with van der Waals surface area (Å²) >= 11 is 7.49. The van der Waals surface area contributed by atoms with Crippen molar-refractivity contribution in [3.8, 4) is 0 Å². The second-order valence-electron chi connectivity index (χ2n) is 6.37. The number of rotatable bonds is 3. The number of thioether (sulfide) groups is 1. The zero-order chi connectivity index (χ0) is 19.0. The molecule has 2 atom stereocenters. The minimum Gasteiger partial charge on any atom is -0.325 e. The van der Waals surface area contributed by atoms with Crippen LogP contribution in [-0.4, -0.2) is 26.0 Å². The number of carbonyl (C=O) groups is 1. The van der Waals surface area contributed by atoms with Gasteiger partial charge >= 0.3 is 0 Å². The smallest absolute Gasteiger partial charge is 0.240 e. The fourth-order valence-corrected chi connectivity index (χ4v) is 4.30. The van der Waals surface area contributed by atoms with Crippen molar-refractivity contribution in [2.24, 2.45) is 0 Å². The normalized spacial score (nSPS) is 18.5. The number of carbonyl (C=O) groups excluding carboxylic acids is 1. The van der Waals surface area contributed by atoms with Crippen LogP contribution in [0.15, 0.2) is 53.7 Å². The minimum atomic E-state index is -0.415. The topological polar surface area (TPSA) is 71.8 Å². The number of halogens is 1. The molecule has 1 aliphatic heterocycles. The highest BCUT2D eigenvalue weighted by molar-refractivity contribution is 8.00. The number of aryl methyl sites for hydroxylation is 2. The van der Waals surface area contributed by atoms with Gasteiger partial charge < -0.3 is 10.7 Å². The Kier molecular flexibility index (Phi) is 4.80. The molecule has 0 spiro atoms. The number of aromatic nitrogens is 3. The Morgan fingerprint density at radius 1 is 1.19 bits per heavy atom. The third-order valence-electron chi connectivity index (χ3n) is 4.47. The van der Waals surface area contributed by atoms with Gasteiger partial charge in [0.25, 0.3) is 0 Å². The molecular weight excluding hydrogens is 382 g/mol. The molecule has 1 amide bonds. The largest absolute Gasteiger partial charge is 0.325 e. The van der Waals surface area contributed by atoms with Gasteiger partial charge in [-0.3, -0.25) is 4.79 Å². The van der Waals surface area contributed by atoms with Crippen molar-refractivity contribution in [2.45, 2.75) is 30.3 Å². The first-order valence-corrected chi connectivity index (χ1v) is 9.76. The molecule has 0 saturated heterocycles. The second kappa shape index (κ2) is 7.25. The van der Waals surface area contributed by atoms with Gasteiger partial charge in [0.2, 0.25) is 11.1 Å². The van der Waals surface area contributed by atoms with E-state index in [1.165, 1.54) is 11.8 Å². The van der Waals surface area contributed by atoms with E-state index < -0.39 is 5.25 Å². The van der Waals surface area contributed by atoms with Gasteiger partial charge in [0.05, 0.1) is 6.04 Å². The highest BCUT2D eigenvalue weighted by Gasteiger charge is 2.37. The first-order valence-electron chi connectivity index (χ1n) is 8.50. The zero-order valence-electron chi connectivity index (χ0n) is 14.8. The summed E-state index contributed by atoms with van der Waals surface area (Å²) in [6.07, 6.45) is 0. The standard InChI is InChI=1S/C19H18ClN5OS/c1-11-8-9-14(20)10-15(11)21-18(26)17-16(13-6-4-3-5-7-13)24-25-12(2)22-23-19(25)27-17/h3-10,16-17,24H,1-2H3,(H,21,26)/t16-,17+/m0/s1. The summed E-state index contributed by atoms with van der Waals surface area (Å²) in [5.74, 6) is 0.640. The lowest BCUT2D eigenvalue weighted by Crippen LogP contribution is -2.41. The van der Waals surface area contributed by atoms with Crippen LogP contribution >= 0.6 is 23.4 Å². The van der Waals surface area contributed by atoms with Crippen LogP contribution in [0.3, 0.4) is 0 Å². The van der Waals surface area contributed by atoms with E-state index in [1.807, 2.05) is 61.0 Å². The molecule has 0 aliphatic carbocycles. The van der Waals surface area contributed by atoms with E-state index in [4.69, 9.17) is 11.6 Å². The molecule has 0 radical (unpaired) electrons. The number of nitrogens with one attached hydrogen (secondary N) is 2. The molecule has 0 saturated carbocycles. The summed E-state index contributed by atoms with van der Waals surface area (Å²) in [6.45, 7) is 3.81. The van der Waals surface area contributed by atoms with Gasteiger partial charge in [-0.25, -0.2) is 4.68 Å². The molecule has 6 nitrogen and oxygen atoms in total. The summed E-state index contributed by atoms with van der Waals surface area (Å²) < 4.78 is 1.83. The summed E-state index contributed by atoms with van der Waals surface area (Å²) in [4.78, 5) is 13.2. The van der Waals surface area contributed by atoms with Crippen molar-refractivity contribution in [3.63, 3.8) is 0 Å². The number of hydrogen-bond acceptors (Lipinski definition) is 5. The van der Waals surface area contributed by atoms with Gasteiger partial charge in [-0.2, -0.15) is 0 Å². The van der Waals surface area contributed by atoms with Crippen molar-refractivity contribution in [2.75, 3.05) is 10.7 Å². The van der Waals surface area contributed by atoms with Gasteiger partial charge in [-0.1, -0.05) is 59.8 Å². The van der Waals surface area contributed by atoms with Crippen molar-refractivity contribution in [1.29, 1.82) is 0 Å². The first-order chi connectivity index (χ1) is 13.0. The molecule has 8 heteroatoms. The van der Waals surface area contributed by atoms with E-state index in [9.17, 15) is 4.79 Å². The van der Waals surface area contributed by atoms with Crippen LogP contribution in [0.4, 0.5) is 5.69 Å². The molecule has 0 bridgehead atoms. The fourth-order valence-electron chi connectivity index (χ4n) is 3.00. The highest BCUT2D eigenvalue weighted by atomic mass is 35.5. The van der Waals surface area contributed by atoms with E-state index in [0.717, 1.165) is 17.0 Å².